The highest BCUT2D eigenvalue weighted by molar-refractivity contribution is 5.34. The number of aliphatic hydroxyl groups excluding tert-OH is 1. The predicted octanol–water partition coefficient (Wildman–Crippen LogP) is 3.64. The Balaban J connectivity index is 2.28. The van der Waals surface area contributed by atoms with Crippen LogP contribution in [0.15, 0.2) is 18.2 Å². The molecule has 0 spiro atoms. The maximum atomic E-state index is 10.3. The van der Waals surface area contributed by atoms with Crippen LogP contribution in [0.5, 0.6) is 0 Å². The minimum Gasteiger partial charge on any atom is -0.388 e. The molecule has 1 nitrogen and oxygen atoms in total. The molecule has 0 radical (unpaired) electrons. The molecule has 0 heterocycles. The summed E-state index contributed by atoms with van der Waals surface area (Å²) in [6.45, 7) is 6.62. The Morgan fingerprint density at radius 1 is 1.31 bits per heavy atom. The van der Waals surface area contributed by atoms with Crippen LogP contribution in [0.1, 0.15) is 49.5 Å². The van der Waals surface area contributed by atoms with Gasteiger partial charge in [0.25, 0.3) is 0 Å². The summed E-state index contributed by atoms with van der Waals surface area (Å²) in [5.41, 5.74) is 3.77. The van der Waals surface area contributed by atoms with Crippen LogP contribution in [0.4, 0.5) is 0 Å². The molecule has 1 heteroatoms. The molecule has 1 aromatic rings. The highest BCUT2D eigenvalue weighted by atomic mass is 16.3. The van der Waals surface area contributed by atoms with Gasteiger partial charge in [0.1, 0.15) is 0 Å². The van der Waals surface area contributed by atoms with Crippen molar-refractivity contribution in [2.24, 2.45) is 11.8 Å². The van der Waals surface area contributed by atoms with Gasteiger partial charge in [0, 0.05) is 0 Å². The molecule has 16 heavy (non-hydrogen) atoms. The molecule has 0 amide bonds. The van der Waals surface area contributed by atoms with Crippen LogP contribution in [0, 0.1) is 18.8 Å². The van der Waals surface area contributed by atoms with E-state index in [0.29, 0.717) is 11.8 Å². The molecule has 0 aliphatic heterocycles. The SMILES string of the molecule is Cc1ccc2c(c1)C(O)CC(C(C)C)CC2. The average Bonchev–Trinajstić information content (AvgIpc) is 2.39. The molecule has 0 fully saturated rings. The van der Waals surface area contributed by atoms with Gasteiger partial charge in [0.15, 0.2) is 0 Å². The Labute approximate surface area is 98.5 Å². The van der Waals surface area contributed by atoms with Gasteiger partial charge in [0.05, 0.1) is 6.10 Å². The minimum atomic E-state index is -0.259. The van der Waals surface area contributed by atoms with Crippen molar-refractivity contribution in [2.75, 3.05) is 0 Å². The Kier molecular flexibility index (Phi) is 3.34. The third-order valence-corrected chi connectivity index (χ3v) is 3.91. The van der Waals surface area contributed by atoms with Gasteiger partial charge in [-0.3, -0.25) is 0 Å². The van der Waals surface area contributed by atoms with E-state index >= 15 is 0 Å². The summed E-state index contributed by atoms with van der Waals surface area (Å²) >= 11 is 0. The molecule has 2 unspecified atom stereocenters. The highest BCUT2D eigenvalue weighted by Gasteiger charge is 2.24. The number of benzene rings is 1. The van der Waals surface area contributed by atoms with Crippen LogP contribution in [-0.4, -0.2) is 5.11 Å². The number of aliphatic hydroxyl groups is 1. The van der Waals surface area contributed by atoms with Crippen molar-refractivity contribution < 1.29 is 5.11 Å². The van der Waals surface area contributed by atoms with Crippen molar-refractivity contribution in [1.29, 1.82) is 0 Å². The number of hydrogen-bond donors (Lipinski definition) is 1. The first kappa shape index (κ1) is 11.7. The maximum absolute atomic E-state index is 10.3. The molecule has 0 saturated carbocycles. The minimum absolute atomic E-state index is 0.259. The van der Waals surface area contributed by atoms with E-state index in [0.717, 1.165) is 12.8 Å². The summed E-state index contributed by atoms with van der Waals surface area (Å²) in [4.78, 5) is 0. The molecular formula is C15H22O. The fourth-order valence-electron chi connectivity index (χ4n) is 2.73. The predicted molar refractivity (Wildman–Crippen MR) is 67.4 cm³/mol. The van der Waals surface area contributed by atoms with Gasteiger partial charge >= 0.3 is 0 Å². The maximum Gasteiger partial charge on any atom is 0.0795 e. The topological polar surface area (TPSA) is 20.2 Å². The van der Waals surface area contributed by atoms with Crippen LogP contribution in [-0.2, 0) is 6.42 Å². The van der Waals surface area contributed by atoms with Crippen LogP contribution < -0.4 is 0 Å². The number of aryl methyl sites for hydroxylation is 2. The third-order valence-electron chi connectivity index (χ3n) is 3.91. The Hall–Kier alpha value is -0.820. The zero-order valence-corrected chi connectivity index (χ0v) is 10.5. The van der Waals surface area contributed by atoms with Crippen molar-refractivity contribution in [3.63, 3.8) is 0 Å². The van der Waals surface area contributed by atoms with E-state index in [1.165, 1.54) is 23.1 Å². The molecule has 1 aliphatic carbocycles. The summed E-state index contributed by atoms with van der Waals surface area (Å²) < 4.78 is 0. The highest BCUT2D eigenvalue weighted by Crippen LogP contribution is 2.35. The van der Waals surface area contributed by atoms with Crippen LogP contribution in [0.25, 0.3) is 0 Å². The van der Waals surface area contributed by atoms with E-state index in [1.54, 1.807) is 0 Å². The summed E-state index contributed by atoms with van der Waals surface area (Å²) in [5.74, 6) is 1.33. The lowest BCUT2D eigenvalue weighted by atomic mass is 9.87. The smallest absolute Gasteiger partial charge is 0.0795 e. The first-order valence-corrected chi connectivity index (χ1v) is 6.35. The fraction of sp³-hybridized carbons (Fsp3) is 0.600. The van der Waals surface area contributed by atoms with Gasteiger partial charge in [-0.1, -0.05) is 37.6 Å². The normalized spacial score (nSPS) is 25.3. The molecule has 2 atom stereocenters. The molecular weight excluding hydrogens is 196 g/mol. The van der Waals surface area contributed by atoms with Crippen molar-refractivity contribution in [2.45, 2.75) is 46.1 Å². The van der Waals surface area contributed by atoms with Gasteiger partial charge in [-0.25, -0.2) is 0 Å². The van der Waals surface area contributed by atoms with E-state index in [9.17, 15) is 5.11 Å². The van der Waals surface area contributed by atoms with Crippen molar-refractivity contribution in [1.82, 2.24) is 0 Å². The summed E-state index contributed by atoms with van der Waals surface area (Å²) in [6.07, 6.45) is 3.00. The van der Waals surface area contributed by atoms with Crippen molar-refractivity contribution >= 4 is 0 Å². The Morgan fingerprint density at radius 2 is 2.06 bits per heavy atom. The second-order valence-electron chi connectivity index (χ2n) is 5.50. The van der Waals surface area contributed by atoms with Crippen molar-refractivity contribution in [3.8, 4) is 0 Å². The molecule has 0 bridgehead atoms. The summed E-state index contributed by atoms with van der Waals surface area (Å²) in [7, 11) is 0. The monoisotopic (exact) mass is 218 g/mol. The Bertz CT molecular complexity index is 368. The lowest BCUT2D eigenvalue weighted by molar-refractivity contribution is 0.132. The van der Waals surface area contributed by atoms with Crippen molar-refractivity contribution in [3.05, 3.63) is 34.9 Å². The summed E-state index contributed by atoms with van der Waals surface area (Å²) in [6, 6.07) is 6.50. The molecule has 0 aromatic heterocycles. The lowest BCUT2D eigenvalue weighted by Crippen LogP contribution is -2.11. The molecule has 1 aromatic carbocycles. The quantitative estimate of drug-likeness (QED) is 0.714. The second-order valence-corrected chi connectivity index (χ2v) is 5.50. The van der Waals surface area contributed by atoms with Crippen LogP contribution in [0.2, 0.25) is 0 Å². The van der Waals surface area contributed by atoms with E-state index < -0.39 is 0 Å². The van der Waals surface area contributed by atoms with Gasteiger partial charge in [-0.05, 0) is 49.1 Å². The summed E-state index contributed by atoms with van der Waals surface area (Å²) in [5, 5.41) is 10.3. The van der Waals surface area contributed by atoms with E-state index in [2.05, 4.69) is 39.0 Å². The molecule has 1 aliphatic rings. The zero-order chi connectivity index (χ0) is 11.7. The zero-order valence-electron chi connectivity index (χ0n) is 10.5. The standard InChI is InChI=1S/C15H22O/c1-10(2)13-7-6-12-5-4-11(3)8-14(12)15(16)9-13/h4-5,8,10,13,15-16H,6-7,9H2,1-3H3. The van der Waals surface area contributed by atoms with E-state index in [4.69, 9.17) is 0 Å². The number of hydrogen-bond acceptors (Lipinski definition) is 1. The lowest BCUT2D eigenvalue weighted by Gasteiger charge is -2.20. The first-order valence-electron chi connectivity index (χ1n) is 6.35. The van der Waals surface area contributed by atoms with Crippen LogP contribution in [0.3, 0.4) is 0 Å². The molecule has 88 valence electrons. The molecule has 1 N–H and O–H groups in total. The molecule has 2 rings (SSSR count). The third kappa shape index (κ3) is 2.30. The van der Waals surface area contributed by atoms with E-state index in [-0.39, 0.29) is 6.10 Å². The number of fused-ring (bicyclic) bond motifs is 1. The Morgan fingerprint density at radius 3 is 2.75 bits per heavy atom. The molecule has 0 saturated heterocycles. The van der Waals surface area contributed by atoms with Gasteiger partial charge < -0.3 is 5.11 Å². The largest absolute Gasteiger partial charge is 0.388 e. The first-order chi connectivity index (χ1) is 7.58. The van der Waals surface area contributed by atoms with Crippen LogP contribution >= 0.6 is 0 Å². The second kappa shape index (κ2) is 4.58. The van der Waals surface area contributed by atoms with Gasteiger partial charge in [-0.2, -0.15) is 0 Å². The van der Waals surface area contributed by atoms with Gasteiger partial charge in [0.2, 0.25) is 0 Å². The number of rotatable bonds is 1. The van der Waals surface area contributed by atoms with Gasteiger partial charge in [-0.15, -0.1) is 0 Å². The van der Waals surface area contributed by atoms with E-state index in [1.807, 2.05) is 0 Å². The average molecular weight is 218 g/mol. The fourth-order valence-corrected chi connectivity index (χ4v) is 2.73.